The first-order chi connectivity index (χ1) is 13.5. The lowest BCUT2D eigenvalue weighted by Gasteiger charge is -2.09. The van der Waals surface area contributed by atoms with Crippen LogP contribution in [0.25, 0.3) is 10.6 Å². The molecule has 0 saturated carbocycles. The molecule has 0 radical (unpaired) electrons. The van der Waals surface area contributed by atoms with Crippen molar-refractivity contribution in [1.29, 1.82) is 0 Å². The van der Waals surface area contributed by atoms with Gasteiger partial charge < -0.3 is 14.2 Å². The predicted octanol–water partition coefficient (Wildman–Crippen LogP) is 4.18. The molecule has 1 heterocycles. The molecule has 3 rings (SSSR count). The van der Waals surface area contributed by atoms with E-state index >= 15 is 0 Å². The first kappa shape index (κ1) is 19.6. The molecule has 0 spiro atoms. The third kappa shape index (κ3) is 4.37. The number of ketones is 1. The van der Waals surface area contributed by atoms with Crippen LogP contribution < -0.4 is 9.47 Å². The van der Waals surface area contributed by atoms with E-state index in [2.05, 4.69) is 4.98 Å². The maximum absolute atomic E-state index is 12.3. The SMILES string of the molecule is COc1ccc(C(=O)COC(=O)c2csc(-c3ccc(C)cc3)n2)cc1OC. The molecular weight excluding hydrogens is 378 g/mol. The summed E-state index contributed by atoms with van der Waals surface area (Å²) in [5, 5.41) is 2.34. The monoisotopic (exact) mass is 397 g/mol. The lowest BCUT2D eigenvalue weighted by molar-refractivity contribution is 0.0470. The number of rotatable bonds is 7. The Morgan fingerprint density at radius 3 is 2.39 bits per heavy atom. The lowest BCUT2D eigenvalue weighted by atomic mass is 10.1. The summed E-state index contributed by atoms with van der Waals surface area (Å²) in [7, 11) is 3.00. The zero-order chi connectivity index (χ0) is 20.1. The third-order valence-corrected chi connectivity index (χ3v) is 4.94. The summed E-state index contributed by atoms with van der Waals surface area (Å²) in [4.78, 5) is 28.9. The molecule has 0 amide bonds. The summed E-state index contributed by atoms with van der Waals surface area (Å²) in [6, 6.07) is 12.6. The van der Waals surface area contributed by atoms with Crippen LogP contribution in [0.3, 0.4) is 0 Å². The first-order valence-electron chi connectivity index (χ1n) is 8.46. The molecule has 0 fully saturated rings. The fraction of sp³-hybridized carbons (Fsp3) is 0.190. The number of benzene rings is 2. The number of carbonyl (C=O) groups excluding carboxylic acids is 2. The van der Waals surface area contributed by atoms with E-state index in [-0.39, 0.29) is 18.1 Å². The number of nitrogens with zero attached hydrogens (tertiary/aromatic N) is 1. The zero-order valence-corrected chi connectivity index (χ0v) is 16.5. The summed E-state index contributed by atoms with van der Waals surface area (Å²) >= 11 is 1.35. The first-order valence-corrected chi connectivity index (χ1v) is 9.34. The van der Waals surface area contributed by atoms with E-state index in [1.54, 1.807) is 23.6 Å². The fourth-order valence-corrected chi connectivity index (χ4v) is 3.29. The number of ether oxygens (including phenoxy) is 3. The second kappa shape index (κ2) is 8.67. The molecular formula is C21H19NO5S. The Morgan fingerprint density at radius 2 is 1.71 bits per heavy atom. The Bertz CT molecular complexity index is 994. The second-order valence-electron chi connectivity index (χ2n) is 5.97. The number of aromatic nitrogens is 1. The van der Waals surface area contributed by atoms with Gasteiger partial charge in [-0.05, 0) is 25.1 Å². The second-order valence-corrected chi connectivity index (χ2v) is 6.83. The average molecular weight is 397 g/mol. The van der Waals surface area contributed by atoms with Gasteiger partial charge in [0.25, 0.3) is 0 Å². The zero-order valence-electron chi connectivity index (χ0n) is 15.7. The molecule has 3 aromatic rings. The van der Waals surface area contributed by atoms with E-state index in [1.165, 1.54) is 25.6 Å². The summed E-state index contributed by atoms with van der Waals surface area (Å²) in [6.45, 7) is 1.62. The van der Waals surface area contributed by atoms with Crippen molar-refractivity contribution in [3.63, 3.8) is 0 Å². The summed E-state index contributed by atoms with van der Waals surface area (Å²) < 4.78 is 15.5. The average Bonchev–Trinajstić information content (AvgIpc) is 3.22. The van der Waals surface area contributed by atoms with Crippen molar-refractivity contribution in [3.05, 3.63) is 64.7 Å². The highest BCUT2D eigenvalue weighted by Crippen LogP contribution is 2.28. The van der Waals surface area contributed by atoms with Crippen molar-refractivity contribution < 1.29 is 23.8 Å². The van der Waals surface area contributed by atoms with Crippen molar-refractivity contribution >= 4 is 23.1 Å². The molecule has 0 aliphatic rings. The highest BCUT2D eigenvalue weighted by atomic mass is 32.1. The molecule has 0 aliphatic carbocycles. The maximum atomic E-state index is 12.3. The maximum Gasteiger partial charge on any atom is 0.358 e. The Hall–Kier alpha value is -3.19. The topological polar surface area (TPSA) is 74.7 Å². The van der Waals surface area contributed by atoms with Crippen LogP contribution >= 0.6 is 11.3 Å². The van der Waals surface area contributed by atoms with E-state index in [1.807, 2.05) is 31.2 Å². The lowest BCUT2D eigenvalue weighted by Crippen LogP contribution is -2.14. The molecule has 2 aromatic carbocycles. The summed E-state index contributed by atoms with van der Waals surface area (Å²) in [5.74, 6) is -0.0317. The summed E-state index contributed by atoms with van der Waals surface area (Å²) in [6.07, 6.45) is 0. The molecule has 7 heteroatoms. The number of esters is 1. The van der Waals surface area contributed by atoms with Gasteiger partial charge in [-0.15, -0.1) is 11.3 Å². The summed E-state index contributed by atoms with van der Waals surface area (Å²) in [5.41, 5.74) is 2.62. The number of hydrogen-bond acceptors (Lipinski definition) is 7. The van der Waals surface area contributed by atoms with Gasteiger partial charge in [-0.25, -0.2) is 9.78 Å². The largest absolute Gasteiger partial charge is 0.493 e. The van der Waals surface area contributed by atoms with Gasteiger partial charge in [-0.2, -0.15) is 0 Å². The van der Waals surface area contributed by atoms with Crippen LogP contribution in [0.5, 0.6) is 11.5 Å². The van der Waals surface area contributed by atoms with Gasteiger partial charge in [0.05, 0.1) is 14.2 Å². The Kier molecular flexibility index (Phi) is 6.06. The van der Waals surface area contributed by atoms with Crippen LogP contribution in [0, 0.1) is 6.92 Å². The minimum absolute atomic E-state index is 0.181. The van der Waals surface area contributed by atoms with Gasteiger partial charge in [0, 0.05) is 16.5 Å². The van der Waals surface area contributed by atoms with E-state index in [0.29, 0.717) is 17.1 Å². The van der Waals surface area contributed by atoms with Gasteiger partial charge in [0.1, 0.15) is 5.01 Å². The highest BCUT2D eigenvalue weighted by molar-refractivity contribution is 7.13. The Balaban J connectivity index is 1.64. The van der Waals surface area contributed by atoms with E-state index in [0.717, 1.165) is 16.1 Å². The fourth-order valence-electron chi connectivity index (χ4n) is 2.49. The smallest absolute Gasteiger partial charge is 0.358 e. The molecule has 144 valence electrons. The predicted molar refractivity (Wildman–Crippen MR) is 106 cm³/mol. The van der Waals surface area contributed by atoms with E-state index in [9.17, 15) is 9.59 Å². The van der Waals surface area contributed by atoms with Crippen molar-refractivity contribution in [2.75, 3.05) is 20.8 Å². The van der Waals surface area contributed by atoms with Gasteiger partial charge >= 0.3 is 5.97 Å². The highest BCUT2D eigenvalue weighted by Gasteiger charge is 2.17. The number of methoxy groups -OCH3 is 2. The minimum Gasteiger partial charge on any atom is -0.493 e. The number of thiazole rings is 1. The molecule has 0 atom stereocenters. The van der Waals surface area contributed by atoms with Gasteiger partial charge in [-0.3, -0.25) is 4.79 Å². The minimum atomic E-state index is -0.636. The van der Waals surface area contributed by atoms with Crippen LogP contribution in [0.4, 0.5) is 0 Å². The van der Waals surface area contributed by atoms with Crippen molar-refractivity contribution in [1.82, 2.24) is 4.98 Å². The van der Waals surface area contributed by atoms with Crippen molar-refractivity contribution in [2.45, 2.75) is 6.92 Å². The molecule has 1 aromatic heterocycles. The van der Waals surface area contributed by atoms with Crippen LogP contribution in [0.1, 0.15) is 26.4 Å². The van der Waals surface area contributed by atoms with Gasteiger partial charge in [0.15, 0.2) is 29.6 Å². The molecule has 0 unspecified atom stereocenters. The van der Waals surface area contributed by atoms with Gasteiger partial charge in [-0.1, -0.05) is 29.8 Å². The van der Waals surface area contributed by atoms with E-state index in [4.69, 9.17) is 14.2 Å². The molecule has 28 heavy (non-hydrogen) atoms. The normalized spacial score (nSPS) is 10.4. The number of hydrogen-bond donors (Lipinski definition) is 0. The Morgan fingerprint density at radius 1 is 1.00 bits per heavy atom. The number of aryl methyl sites for hydroxylation is 1. The number of carbonyl (C=O) groups is 2. The molecule has 0 aliphatic heterocycles. The van der Waals surface area contributed by atoms with E-state index < -0.39 is 5.97 Å². The van der Waals surface area contributed by atoms with Crippen LogP contribution in [0.2, 0.25) is 0 Å². The van der Waals surface area contributed by atoms with Crippen LogP contribution in [-0.4, -0.2) is 37.6 Å². The molecule has 0 bridgehead atoms. The molecule has 0 N–H and O–H groups in total. The third-order valence-electron chi connectivity index (χ3n) is 4.05. The standard InChI is InChI=1S/C21H19NO5S/c1-13-4-6-14(7-5-13)20-22-16(12-28-20)21(24)27-11-17(23)15-8-9-18(25-2)19(10-15)26-3/h4-10,12H,11H2,1-3H3. The quantitative estimate of drug-likeness (QED) is 0.440. The van der Waals surface area contributed by atoms with Crippen LogP contribution in [-0.2, 0) is 4.74 Å². The Labute approximate surface area is 166 Å². The van der Waals surface area contributed by atoms with Crippen molar-refractivity contribution in [3.8, 4) is 22.1 Å². The van der Waals surface area contributed by atoms with Gasteiger partial charge in [0.2, 0.25) is 0 Å². The molecule has 6 nitrogen and oxygen atoms in total. The van der Waals surface area contributed by atoms with Crippen molar-refractivity contribution in [2.24, 2.45) is 0 Å². The van der Waals surface area contributed by atoms with Crippen LogP contribution in [0.15, 0.2) is 47.8 Å². The molecule has 0 saturated heterocycles. The number of Topliss-reactive ketones (excluding diaryl/α,β-unsaturated/α-hetero) is 1.